The first-order chi connectivity index (χ1) is 9.45. The van der Waals surface area contributed by atoms with E-state index in [-0.39, 0.29) is 15.6 Å². The first-order valence-corrected chi connectivity index (χ1v) is 7.08. The molecule has 2 nitrogen and oxygen atoms in total. The Bertz CT molecular complexity index is 650. The van der Waals surface area contributed by atoms with Crippen molar-refractivity contribution < 1.29 is 13.2 Å². The largest absolute Gasteiger partial charge is 0.271 e. The summed E-state index contributed by atoms with van der Waals surface area (Å²) in [4.78, 5) is 0. The van der Waals surface area contributed by atoms with Gasteiger partial charge in [-0.15, -0.1) is 0 Å². The van der Waals surface area contributed by atoms with E-state index in [1.165, 1.54) is 18.2 Å². The molecule has 0 amide bonds. The maximum atomic E-state index is 14.1. The van der Waals surface area contributed by atoms with E-state index in [4.69, 9.17) is 5.84 Å². The van der Waals surface area contributed by atoms with Gasteiger partial charge in [0.2, 0.25) is 0 Å². The topological polar surface area (TPSA) is 38.0 Å². The van der Waals surface area contributed by atoms with Crippen LogP contribution in [0.3, 0.4) is 0 Å². The Morgan fingerprint density at radius 2 is 1.70 bits per heavy atom. The predicted molar refractivity (Wildman–Crippen MR) is 77.3 cm³/mol. The van der Waals surface area contributed by atoms with Gasteiger partial charge >= 0.3 is 0 Å². The molecule has 1 unspecified atom stereocenters. The van der Waals surface area contributed by atoms with Crippen LogP contribution in [0.15, 0.2) is 39.3 Å². The Kier molecular flexibility index (Phi) is 4.85. The monoisotopic (exact) mass is 408 g/mol. The first-order valence-electron chi connectivity index (χ1n) is 5.50. The van der Waals surface area contributed by atoms with Crippen molar-refractivity contribution >= 4 is 31.9 Å². The highest BCUT2D eigenvalue weighted by molar-refractivity contribution is 9.10. The summed E-state index contributed by atoms with van der Waals surface area (Å²) >= 11 is 6.09. The van der Waals surface area contributed by atoms with Crippen molar-refractivity contribution in [3.63, 3.8) is 0 Å². The van der Waals surface area contributed by atoms with Crippen LogP contribution >= 0.6 is 31.9 Å². The van der Waals surface area contributed by atoms with Gasteiger partial charge in [0.1, 0.15) is 17.5 Å². The van der Waals surface area contributed by atoms with Crippen molar-refractivity contribution in [1.82, 2.24) is 5.43 Å². The number of nitrogens with one attached hydrogen (secondary N) is 1. The lowest BCUT2D eigenvalue weighted by Crippen LogP contribution is -2.31. The third kappa shape index (κ3) is 2.90. The van der Waals surface area contributed by atoms with Gasteiger partial charge in [0.05, 0.1) is 10.5 Å². The van der Waals surface area contributed by atoms with Crippen LogP contribution in [0.4, 0.5) is 13.2 Å². The normalized spacial score (nSPS) is 12.5. The zero-order valence-electron chi connectivity index (χ0n) is 9.93. The van der Waals surface area contributed by atoms with Gasteiger partial charge in [0.25, 0.3) is 0 Å². The lowest BCUT2D eigenvalue weighted by atomic mass is 9.98. The third-order valence-electron chi connectivity index (χ3n) is 2.81. The standard InChI is InChI=1S/C13H9Br2F3N2/c14-6-1-2-7(10(17)5-6)13(20-19)11-9(16)4-3-8(15)12(11)18/h1-5,13,20H,19H2. The molecule has 2 aromatic rings. The molecule has 0 radical (unpaired) electrons. The number of halogens is 5. The molecule has 0 aliphatic carbocycles. The summed E-state index contributed by atoms with van der Waals surface area (Å²) in [6.45, 7) is 0. The molecule has 2 aromatic carbocycles. The molecule has 3 N–H and O–H groups in total. The molecule has 0 fully saturated rings. The summed E-state index contributed by atoms with van der Waals surface area (Å²) in [6, 6.07) is 5.36. The number of rotatable bonds is 3. The van der Waals surface area contributed by atoms with E-state index in [0.29, 0.717) is 4.47 Å². The zero-order chi connectivity index (χ0) is 14.9. The summed E-state index contributed by atoms with van der Waals surface area (Å²) < 4.78 is 42.5. The fourth-order valence-electron chi connectivity index (χ4n) is 1.87. The molecule has 0 saturated heterocycles. The predicted octanol–water partition coefficient (Wildman–Crippen LogP) is 4.18. The Labute approximate surface area is 130 Å². The molecular formula is C13H9Br2F3N2. The van der Waals surface area contributed by atoms with Crippen molar-refractivity contribution in [3.05, 3.63) is 67.9 Å². The molecule has 0 spiro atoms. The number of benzene rings is 2. The Balaban J connectivity index is 2.61. The lowest BCUT2D eigenvalue weighted by Gasteiger charge is -2.19. The Morgan fingerprint density at radius 3 is 2.30 bits per heavy atom. The van der Waals surface area contributed by atoms with E-state index in [0.717, 1.165) is 6.07 Å². The van der Waals surface area contributed by atoms with E-state index in [1.54, 1.807) is 6.07 Å². The summed E-state index contributed by atoms with van der Waals surface area (Å²) in [5.41, 5.74) is 1.95. The van der Waals surface area contributed by atoms with Crippen molar-refractivity contribution in [2.75, 3.05) is 0 Å². The van der Waals surface area contributed by atoms with Crippen LogP contribution in [-0.2, 0) is 0 Å². The minimum absolute atomic E-state index is 0.0478. The second kappa shape index (κ2) is 6.26. The molecule has 0 aliphatic heterocycles. The third-order valence-corrected chi connectivity index (χ3v) is 3.91. The first kappa shape index (κ1) is 15.5. The summed E-state index contributed by atoms with van der Waals surface area (Å²) in [7, 11) is 0. The molecule has 1 atom stereocenters. The molecule has 0 heterocycles. The van der Waals surface area contributed by atoms with Crippen molar-refractivity contribution in [2.24, 2.45) is 5.84 Å². The number of nitrogens with two attached hydrogens (primary N) is 1. The van der Waals surface area contributed by atoms with Gasteiger partial charge < -0.3 is 0 Å². The van der Waals surface area contributed by atoms with Crippen LogP contribution in [-0.4, -0.2) is 0 Å². The molecule has 7 heteroatoms. The van der Waals surface area contributed by atoms with E-state index in [9.17, 15) is 13.2 Å². The fraction of sp³-hybridized carbons (Fsp3) is 0.0769. The van der Waals surface area contributed by atoms with Crippen molar-refractivity contribution in [1.29, 1.82) is 0 Å². The molecular weight excluding hydrogens is 401 g/mol. The Hall–Kier alpha value is -0.890. The highest BCUT2D eigenvalue weighted by Gasteiger charge is 2.25. The van der Waals surface area contributed by atoms with Gasteiger partial charge in [-0.3, -0.25) is 5.84 Å². The molecule has 0 aromatic heterocycles. The Morgan fingerprint density at radius 1 is 1.00 bits per heavy atom. The van der Waals surface area contributed by atoms with Crippen LogP contribution in [0.25, 0.3) is 0 Å². The highest BCUT2D eigenvalue weighted by Crippen LogP contribution is 2.32. The number of hydrazine groups is 1. The fourth-order valence-corrected chi connectivity index (χ4v) is 2.55. The molecule has 2 rings (SSSR count). The highest BCUT2D eigenvalue weighted by atomic mass is 79.9. The average Bonchev–Trinajstić information content (AvgIpc) is 2.40. The maximum absolute atomic E-state index is 14.1. The molecule has 0 aliphatic rings. The molecule has 0 bridgehead atoms. The molecule has 20 heavy (non-hydrogen) atoms. The molecule has 0 saturated carbocycles. The summed E-state index contributed by atoms with van der Waals surface area (Å²) in [6.07, 6.45) is 0. The summed E-state index contributed by atoms with van der Waals surface area (Å²) in [5.74, 6) is 3.10. The van der Waals surface area contributed by atoms with Crippen LogP contribution in [0, 0.1) is 17.5 Å². The number of hydrogen-bond donors (Lipinski definition) is 2. The second-order valence-electron chi connectivity index (χ2n) is 4.02. The van der Waals surface area contributed by atoms with Gasteiger partial charge in [-0.25, -0.2) is 18.6 Å². The van der Waals surface area contributed by atoms with Crippen molar-refractivity contribution in [3.8, 4) is 0 Å². The second-order valence-corrected chi connectivity index (χ2v) is 5.79. The van der Waals surface area contributed by atoms with Crippen LogP contribution in [0.5, 0.6) is 0 Å². The van der Waals surface area contributed by atoms with Crippen LogP contribution in [0.2, 0.25) is 0 Å². The minimum atomic E-state index is -1.14. The zero-order valence-corrected chi connectivity index (χ0v) is 13.1. The average molecular weight is 410 g/mol. The lowest BCUT2D eigenvalue weighted by molar-refractivity contribution is 0.493. The minimum Gasteiger partial charge on any atom is -0.271 e. The van der Waals surface area contributed by atoms with E-state index in [1.807, 2.05) is 0 Å². The van der Waals surface area contributed by atoms with Crippen molar-refractivity contribution in [2.45, 2.75) is 6.04 Å². The summed E-state index contributed by atoms with van der Waals surface area (Å²) in [5, 5.41) is 0. The SMILES string of the molecule is NNC(c1ccc(Br)cc1F)c1c(F)ccc(Br)c1F. The van der Waals surface area contributed by atoms with Gasteiger partial charge in [-0.1, -0.05) is 22.0 Å². The van der Waals surface area contributed by atoms with Gasteiger partial charge in [-0.2, -0.15) is 0 Å². The van der Waals surface area contributed by atoms with Crippen LogP contribution in [0.1, 0.15) is 17.2 Å². The van der Waals surface area contributed by atoms with Crippen LogP contribution < -0.4 is 11.3 Å². The van der Waals surface area contributed by atoms with E-state index >= 15 is 0 Å². The van der Waals surface area contributed by atoms with Gasteiger partial charge in [-0.05, 0) is 40.2 Å². The van der Waals surface area contributed by atoms with Gasteiger partial charge in [0, 0.05) is 15.6 Å². The van der Waals surface area contributed by atoms with E-state index in [2.05, 4.69) is 37.3 Å². The smallest absolute Gasteiger partial charge is 0.145 e. The number of hydrogen-bond acceptors (Lipinski definition) is 2. The maximum Gasteiger partial charge on any atom is 0.145 e. The van der Waals surface area contributed by atoms with E-state index < -0.39 is 23.5 Å². The quantitative estimate of drug-likeness (QED) is 0.453. The van der Waals surface area contributed by atoms with Gasteiger partial charge in [0.15, 0.2) is 0 Å². The molecule has 106 valence electrons.